The quantitative estimate of drug-likeness (QED) is 0.777. The van der Waals surface area contributed by atoms with Crippen LogP contribution in [0.4, 0.5) is 8.78 Å². The average molecular weight is 349 g/mol. The van der Waals surface area contributed by atoms with E-state index in [1.807, 2.05) is 0 Å². The summed E-state index contributed by atoms with van der Waals surface area (Å²) in [4.78, 5) is 23.0. The minimum absolute atomic E-state index is 0.149. The Morgan fingerprint density at radius 1 is 1.39 bits per heavy atom. The lowest BCUT2D eigenvalue weighted by Crippen LogP contribution is -2.51. The minimum Gasteiger partial charge on any atom is -0.379 e. The van der Waals surface area contributed by atoms with Crippen molar-refractivity contribution in [3.63, 3.8) is 0 Å². The van der Waals surface area contributed by atoms with Gasteiger partial charge in [-0.3, -0.25) is 9.59 Å². The first-order valence-corrected chi connectivity index (χ1v) is 7.19. The van der Waals surface area contributed by atoms with Crippen LogP contribution in [-0.4, -0.2) is 43.8 Å². The fraction of sp³-hybridized carbons (Fsp3) is 0.429. The molecule has 1 aliphatic rings. The van der Waals surface area contributed by atoms with Crippen molar-refractivity contribution in [1.82, 2.24) is 5.32 Å². The number of amides is 2. The number of carbonyl (C=O) groups excluding carboxylic acids is 2. The maximum Gasteiger partial charge on any atom is 0.253 e. The highest BCUT2D eigenvalue weighted by Gasteiger charge is 2.29. The van der Waals surface area contributed by atoms with E-state index in [4.69, 9.17) is 26.8 Å². The fourth-order valence-corrected chi connectivity index (χ4v) is 2.42. The maximum absolute atomic E-state index is 13.3. The third kappa shape index (κ3) is 4.60. The van der Waals surface area contributed by atoms with Crippen molar-refractivity contribution in [2.24, 2.45) is 5.73 Å². The first-order valence-electron chi connectivity index (χ1n) is 6.81. The van der Waals surface area contributed by atoms with Gasteiger partial charge in [0.05, 0.1) is 29.3 Å². The molecule has 0 spiro atoms. The zero-order chi connectivity index (χ0) is 17.0. The van der Waals surface area contributed by atoms with Crippen LogP contribution in [-0.2, 0) is 14.3 Å². The first kappa shape index (κ1) is 17.6. The molecular formula is C14H15ClF2N2O4. The lowest BCUT2D eigenvalue weighted by Gasteiger charge is -2.31. The van der Waals surface area contributed by atoms with E-state index in [1.54, 1.807) is 0 Å². The topological polar surface area (TPSA) is 90.7 Å². The monoisotopic (exact) mass is 348 g/mol. The molecule has 2 amide bonds. The largest absolute Gasteiger partial charge is 0.379 e. The minimum atomic E-state index is -1.18. The predicted octanol–water partition coefficient (Wildman–Crippen LogP) is 1.01. The molecule has 23 heavy (non-hydrogen) atoms. The molecule has 1 aromatic carbocycles. The van der Waals surface area contributed by atoms with Crippen LogP contribution in [0.5, 0.6) is 0 Å². The van der Waals surface area contributed by atoms with E-state index in [-0.39, 0.29) is 23.8 Å². The van der Waals surface area contributed by atoms with E-state index in [1.165, 1.54) is 0 Å². The molecule has 0 aromatic heterocycles. The highest BCUT2D eigenvalue weighted by atomic mass is 35.5. The zero-order valence-corrected chi connectivity index (χ0v) is 12.7. The van der Waals surface area contributed by atoms with Gasteiger partial charge in [0, 0.05) is 6.61 Å². The summed E-state index contributed by atoms with van der Waals surface area (Å²) < 4.78 is 36.9. The summed E-state index contributed by atoms with van der Waals surface area (Å²) in [6.07, 6.45) is -0.0340. The predicted molar refractivity (Wildman–Crippen MR) is 77.0 cm³/mol. The van der Waals surface area contributed by atoms with Crippen LogP contribution >= 0.6 is 11.6 Å². The molecular weight excluding hydrogens is 334 g/mol. The number of nitrogens with two attached hydrogens (primary N) is 1. The Balaban J connectivity index is 2.08. The Kier molecular flexibility index (Phi) is 5.86. The molecule has 1 aromatic rings. The van der Waals surface area contributed by atoms with Crippen LogP contribution in [0.1, 0.15) is 16.8 Å². The summed E-state index contributed by atoms with van der Waals surface area (Å²) in [6, 6.07) is 0.875. The van der Waals surface area contributed by atoms with E-state index in [9.17, 15) is 18.4 Å². The van der Waals surface area contributed by atoms with E-state index >= 15 is 0 Å². The summed E-state index contributed by atoms with van der Waals surface area (Å²) in [6.45, 7) is 0.265. The highest BCUT2D eigenvalue weighted by Crippen LogP contribution is 2.21. The third-order valence-electron chi connectivity index (χ3n) is 3.30. The summed E-state index contributed by atoms with van der Waals surface area (Å²) in [7, 11) is 0. The second kappa shape index (κ2) is 7.67. The molecule has 6 nitrogen and oxygen atoms in total. The maximum atomic E-state index is 13.3. The number of benzene rings is 1. The van der Waals surface area contributed by atoms with Crippen LogP contribution in [0.3, 0.4) is 0 Å². The van der Waals surface area contributed by atoms with Gasteiger partial charge >= 0.3 is 0 Å². The van der Waals surface area contributed by atoms with Gasteiger partial charge in [0.15, 0.2) is 11.6 Å². The molecule has 3 N–H and O–H groups in total. The average Bonchev–Trinajstić information content (AvgIpc) is 2.49. The number of carbonyl (C=O) groups is 2. The molecule has 0 saturated carbocycles. The zero-order valence-electron chi connectivity index (χ0n) is 12.0. The van der Waals surface area contributed by atoms with Crippen molar-refractivity contribution in [3.05, 3.63) is 34.4 Å². The second-order valence-electron chi connectivity index (χ2n) is 5.01. The van der Waals surface area contributed by atoms with E-state index < -0.39 is 35.6 Å². The summed E-state index contributed by atoms with van der Waals surface area (Å²) in [5, 5.41) is 2.37. The lowest BCUT2D eigenvalue weighted by atomic mass is 10.1. The van der Waals surface area contributed by atoms with Crippen LogP contribution in [0.25, 0.3) is 0 Å². The molecule has 0 bridgehead atoms. The smallest absolute Gasteiger partial charge is 0.253 e. The summed E-state index contributed by atoms with van der Waals surface area (Å²) >= 11 is 5.76. The van der Waals surface area contributed by atoms with Crippen molar-refractivity contribution >= 4 is 23.4 Å². The lowest BCUT2D eigenvalue weighted by molar-refractivity contribution is -0.128. The van der Waals surface area contributed by atoms with E-state index in [2.05, 4.69) is 5.32 Å². The van der Waals surface area contributed by atoms with Gasteiger partial charge in [-0.25, -0.2) is 8.78 Å². The Bertz CT molecular complexity index is 615. The Morgan fingerprint density at radius 3 is 2.78 bits per heavy atom. The van der Waals surface area contributed by atoms with Crippen molar-refractivity contribution in [2.75, 3.05) is 19.8 Å². The molecule has 2 atom stereocenters. The van der Waals surface area contributed by atoms with Gasteiger partial charge in [0.2, 0.25) is 5.91 Å². The molecule has 9 heteroatoms. The summed E-state index contributed by atoms with van der Waals surface area (Å²) in [5.74, 6) is -3.65. The molecule has 1 heterocycles. The number of primary amides is 1. The van der Waals surface area contributed by atoms with Gasteiger partial charge in [-0.2, -0.15) is 0 Å². The molecule has 126 valence electrons. The Hall–Kier alpha value is -1.77. The van der Waals surface area contributed by atoms with Crippen LogP contribution in [0.15, 0.2) is 12.1 Å². The molecule has 1 aliphatic heterocycles. The summed E-state index contributed by atoms with van der Waals surface area (Å²) in [5.41, 5.74) is 4.82. The number of hydrogen-bond donors (Lipinski definition) is 2. The van der Waals surface area contributed by atoms with Gasteiger partial charge in [0.25, 0.3) is 5.91 Å². The van der Waals surface area contributed by atoms with Crippen molar-refractivity contribution in [1.29, 1.82) is 0 Å². The second-order valence-corrected chi connectivity index (χ2v) is 5.41. The van der Waals surface area contributed by atoms with Gasteiger partial charge in [-0.15, -0.1) is 0 Å². The van der Waals surface area contributed by atoms with Crippen LogP contribution in [0, 0.1) is 11.6 Å². The third-order valence-corrected chi connectivity index (χ3v) is 3.62. The molecule has 0 aliphatic carbocycles. The van der Waals surface area contributed by atoms with Crippen LogP contribution < -0.4 is 11.1 Å². The van der Waals surface area contributed by atoms with Gasteiger partial charge in [0.1, 0.15) is 6.61 Å². The number of hydrogen-bond acceptors (Lipinski definition) is 4. The first-order chi connectivity index (χ1) is 10.9. The molecule has 0 unspecified atom stereocenters. The van der Waals surface area contributed by atoms with Crippen molar-refractivity contribution in [2.45, 2.75) is 18.6 Å². The molecule has 1 saturated heterocycles. The number of ether oxygens (including phenoxy) is 2. The molecule has 0 radical (unpaired) electrons. The van der Waals surface area contributed by atoms with Crippen molar-refractivity contribution < 1.29 is 27.8 Å². The van der Waals surface area contributed by atoms with E-state index in [0.29, 0.717) is 13.0 Å². The number of halogens is 3. The normalized spacial score (nSPS) is 21.0. The van der Waals surface area contributed by atoms with Crippen LogP contribution in [0.2, 0.25) is 5.02 Å². The highest BCUT2D eigenvalue weighted by molar-refractivity contribution is 6.33. The van der Waals surface area contributed by atoms with Gasteiger partial charge < -0.3 is 20.5 Å². The fourth-order valence-electron chi connectivity index (χ4n) is 2.18. The SMILES string of the molecule is NC(=O)CO[C@H]1CCOC[C@H]1NC(=O)c1cc(F)c(F)cc1Cl. The standard InChI is InChI=1S/C14H15ClF2N2O4/c15-8-4-10(17)9(16)3-7(8)14(21)19-11-5-22-2-1-12(11)23-6-13(18)20/h3-4,11-12H,1-2,5-6H2,(H2,18,20)(H,19,21)/t11-,12+/m1/s1. The van der Waals surface area contributed by atoms with E-state index in [0.717, 1.165) is 12.1 Å². The Labute approximate surface area is 135 Å². The number of nitrogens with one attached hydrogen (secondary N) is 1. The number of rotatable bonds is 5. The van der Waals surface area contributed by atoms with Crippen molar-refractivity contribution in [3.8, 4) is 0 Å². The Morgan fingerprint density at radius 2 is 2.09 bits per heavy atom. The van der Waals surface area contributed by atoms with Gasteiger partial charge in [-0.1, -0.05) is 11.6 Å². The molecule has 1 fully saturated rings. The molecule has 2 rings (SSSR count). The van der Waals surface area contributed by atoms with Gasteiger partial charge in [-0.05, 0) is 18.6 Å².